The zero-order chi connectivity index (χ0) is 20.3. The molecule has 1 fully saturated rings. The molecule has 0 bridgehead atoms. The molecule has 2 aromatic rings. The third kappa shape index (κ3) is 4.35. The van der Waals surface area contributed by atoms with Gasteiger partial charge in [-0.15, -0.1) is 0 Å². The molecule has 1 saturated heterocycles. The lowest BCUT2D eigenvalue weighted by molar-refractivity contribution is -0.126. The Morgan fingerprint density at radius 3 is 2.29 bits per heavy atom. The van der Waals surface area contributed by atoms with Crippen LogP contribution in [0.3, 0.4) is 0 Å². The summed E-state index contributed by atoms with van der Waals surface area (Å²) in [5.41, 5.74) is 0.827. The first-order valence-corrected chi connectivity index (χ1v) is 9.48. The van der Waals surface area contributed by atoms with E-state index in [-0.39, 0.29) is 17.2 Å². The molecule has 0 atom stereocenters. The molecule has 2 aromatic carbocycles. The Hall–Kier alpha value is -3.66. The number of nitrogens with one attached hydrogen (secondary N) is 2. The second-order valence-corrected chi connectivity index (χ2v) is 7.51. The van der Waals surface area contributed by atoms with E-state index >= 15 is 0 Å². The van der Waals surface area contributed by atoms with Gasteiger partial charge < -0.3 is 5.11 Å². The van der Waals surface area contributed by atoms with Crippen molar-refractivity contribution in [3.8, 4) is 5.75 Å². The largest absolute Gasteiger partial charge is 0.508 e. The number of anilines is 1. The molecule has 0 spiro atoms. The summed E-state index contributed by atoms with van der Waals surface area (Å²) >= 11 is 0. The van der Waals surface area contributed by atoms with Crippen molar-refractivity contribution in [1.29, 1.82) is 0 Å². The van der Waals surface area contributed by atoms with Crippen LogP contribution in [0.5, 0.6) is 5.75 Å². The Labute approximate surface area is 160 Å². The number of urea groups is 1. The molecule has 144 valence electrons. The van der Waals surface area contributed by atoms with Crippen molar-refractivity contribution in [2.75, 3.05) is 11.3 Å². The molecule has 0 aliphatic carbocycles. The number of phenols is 1. The summed E-state index contributed by atoms with van der Waals surface area (Å²) in [6.45, 7) is -0.331. The molecule has 0 radical (unpaired) electrons. The normalized spacial score (nSPS) is 14.4. The fourth-order valence-electron chi connectivity index (χ4n) is 2.38. The highest BCUT2D eigenvalue weighted by atomic mass is 32.2. The van der Waals surface area contributed by atoms with Gasteiger partial charge in [0.1, 0.15) is 12.3 Å². The van der Waals surface area contributed by atoms with Gasteiger partial charge in [-0.25, -0.2) is 13.2 Å². The third-order valence-electron chi connectivity index (χ3n) is 3.79. The first-order chi connectivity index (χ1) is 13.2. The van der Waals surface area contributed by atoms with Gasteiger partial charge in [0.2, 0.25) is 5.91 Å². The van der Waals surface area contributed by atoms with Gasteiger partial charge in [-0.3, -0.25) is 24.5 Å². The van der Waals surface area contributed by atoms with Crippen LogP contribution in [0.1, 0.15) is 5.56 Å². The van der Waals surface area contributed by atoms with E-state index in [2.05, 4.69) is 4.72 Å². The van der Waals surface area contributed by atoms with Crippen LogP contribution in [0.4, 0.5) is 10.5 Å². The number of aromatic hydroxyl groups is 1. The van der Waals surface area contributed by atoms with Crippen LogP contribution >= 0.6 is 0 Å². The summed E-state index contributed by atoms with van der Waals surface area (Å²) in [5.74, 6) is -1.19. The standard InChI is InChI=1S/C18H15N3O6S/c22-14-6-4-13(5-7-14)20-28(26,27)15-8-1-12(2-9-15)3-10-17(24)21-11-16(23)19-18(21)25/h1-10,20,22H,11H2,(H,19,23,25)/b10-3+. The summed E-state index contributed by atoms with van der Waals surface area (Å²) in [5, 5.41) is 11.2. The third-order valence-corrected chi connectivity index (χ3v) is 5.18. The van der Waals surface area contributed by atoms with Crippen LogP contribution in [0.15, 0.2) is 59.5 Å². The molecule has 1 aliphatic rings. The zero-order valence-electron chi connectivity index (χ0n) is 14.3. The maximum Gasteiger partial charge on any atom is 0.331 e. The predicted octanol–water partition coefficient (Wildman–Crippen LogP) is 1.28. The number of carbonyl (C=O) groups is 3. The van der Waals surface area contributed by atoms with Gasteiger partial charge in [-0.05, 0) is 48.0 Å². The lowest BCUT2D eigenvalue weighted by atomic mass is 10.2. The van der Waals surface area contributed by atoms with E-state index in [1.807, 2.05) is 5.32 Å². The monoisotopic (exact) mass is 401 g/mol. The number of hydrogen-bond acceptors (Lipinski definition) is 6. The maximum atomic E-state index is 12.4. The minimum absolute atomic E-state index is 0.00793. The van der Waals surface area contributed by atoms with Gasteiger partial charge in [0.15, 0.2) is 0 Å². The highest BCUT2D eigenvalue weighted by Gasteiger charge is 2.30. The summed E-state index contributed by atoms with van der Waals surface area (Å²) in [6.07, 6.45) is 2.53. The predicted molar refractivity (Wildman–Crippen MR) is 99.6 cm³/mol. The average Bonchev–Trinajstić information content (AvgIpc) is 3.00. The SMILES string of the molecule is O=C1CN(C(=O)/C=C/c2ccc(S(=O)(=O)Nc3ccc(O)cc3)cc2)C(=O)N1. The Bertz CT molecular complexity index is 1060. The Kier molecular flexibility index (Phi) is 5.14. The topological polar surface area (TPSA) is 133 Å². The fraction of sp³-hybridized carbons (Fsp3) is 0.0556. The van der Waals surface area contributed by atoms with Crippen LogP contribution in [-0.4, -0.2) is 42.8 Å². The number of phenolic OH excluding ortho intramolecular Hbond substituents is 1. The van der Waals surface area contributed by atoms with E-state index in [9.17, 15) is 27.9 Å². The van der Waals surface area contributed by atoms with Crippen molar-refractivity contribution >= 4 is 39.6 Å². The second-order valence-electron chi connectivity index (χ2n) is 5.83. The van der Waals surface area contributed by atoms with Gasteiger partial charge in [0, 0.05) is 11.8 Å². The molecule has 1 aliphatic heterocycles. The second kappa shape index (κ2) is 7.53. The summed E-state index contributed by atoms with van der Waals surface area (Å²) in [4.78, 5) is 35.2. The number of nitrogens with zero attached hydrogens (tertiary/aromatic N) is 1. The summed E-state index contributed by atoms with van der Waals surface area (Å²) in [6, 6.07) is 10.5. The average molecular weight is 401 g/mol. The van der Waals surface area contributed by atoms with Crippen LogP contribution in [0.25, 0.3) is 6.08 Å². The molecule has 9 nitrogen and oxygen atoms in total. The van der Waals surface area contributed by atoms with Crippen molar-refractivity contribution in [3.05, 3.63) is 60.2 Å². The van der Waals surface area contributed by atoms with E-state index in [4.69, 9.17) is 0 Å². The molecule has 28 heavy (non-hydrogen) atoms. The minimum atomic E-state index is -3.82. The van der Waals surface area contributed by atoms with Crippen molar-refractivity contribution < 1.29 is 27.9 Å². The molecular weight excluding hydrogens is 386 g/mol. The van der Waals surface area contributed by atoms with Crippen molar-refractivity contribution in [1.82, 2.24) is 10.2 Å². The fourth-order valence-corrected chi connectivity index (χ4v) is 3.44. The summed E-state index contributed by atoms with van der Waals surface area (Å²) in [7, 11) is -3.82. The van der Waals surface area contributed by atoms with Gasteiger partial charge in [-0.2, -0.15) is 0 Å². The van der Waals surface area contributed by atoms with Gasteiger partial charge in [0.05, 0.1) is 4.90 Å². The number of rotatable bonds is 5. The van der Waals surface area contributed by atoms with Crippen LogP contribution in [-0.2, 0) is 19.6 Å². The zero-order valence-corrected chi connectivity index (χ0v) is 15.1. The molecular formula is C18H15N3O6S. The molecule has 1 heterocycles. The van der Waals surface area contributed by atoms with Crippen molar-refractivity contribution in [3.63, 3.8) is 0 Å². The first-order valence-electron chi connectivity index (χ1n) is 8.00. The smallest absolute Gasteiger partial charge is 0.331 e. The number of sulfonamides is 1. The molecule has 0 unspecified atom stereocenters. The van der Waals surface area contributed by atoms with E-state index in [1.54, 1.807) is 0 Å². The van der Waals surface area contributed by atoms with Crippen molar-refractivity contribution in [2.45, 2.75) is 4.90 Å². The molecule has 0 aromatic heterocycles. The quantitative estimate of drug-likeness (QED) is 0.393. The first kappa shape index (κ1) is 19.1. The van der Waals surface area contributed by atoms with Crippen molar-refractivity contribution in [2.24, 2.45) is 0 Å². The highest BCUT2D eigenvalue weighted by Crippen LogP contribution is 2.19. The van der Waals surface area contributed by atoms with Gasteiger partial charge in [0.25, 0.3) is 15.9 Å². The Balaban J connectivity index is 1.68. The van der Waals surface area contributed by atoms with E-state index in [1.165, 1.54) is 54.6 Å². The van der Waals surface area contributed by atoms with E-state index in [0.717, 1.165) is 11.0 Å². The van der Waals surface area contributed by atoms with Crippen LogP contribution in [0.2, 0.25) is 0 Å². The molecule has 4 amide bonds. The van der Waals surface area contributed by atoms with E-state index < -0.39 is 27.9 Å². The Morgan fingerprint density at radius 1 is 1.07 bits per heavy atom. The van der Waals surface area contributed by atoms with Crippen LogP contribution in [0, 0.1) is 0 Å². The molecule has 3 rings (SSSR count). The number of carbonyl (C=O) groups excluding carboxylic acids is 3. The number of hydrogen-bond donors (Lipinski definition) is 3. The maximum absolute atomic E-state index is 12.4. The van der Waals surface area contributed by atoms with Gasteiger partial charge >= 0.3 is 6.03 Å². The molecule has 0 saturated carbocycles. The van der Waals surface area contributed by atoms with Gasteiger partial charge in [-0.1, -0.05) is 12.1 Å². The lowest BCUT2D eigenvalue weighted by Gasteiger charge is -2.09. The lowest BCUT2D eigenvalue weighted by Crippen LogP contribution is -2.32. The number of imide groups is 2. The highest BCUT2D eigenvalue weighted by molar-refractivity contribution is 7.92. The molecule has 10 heteroatoms. The Morgan fingerprint density at radius 2 is 1.71 bits per heavy atom. The minimum Gasteiger partial charge on any atom is -0.508 e. The van der Waals surface area contributed by atoms with Crippen LogP contribution < -0.4 is 10.0 Å². The molecule has 3 N–H and O–H groups in total. The number of amides is 4. The summed E-state index contributed by atoms with van der Waals surface area (Å²) < 4.78 is 27.1. The van der Waals surface area contributed by atoms with E-state index in [0.29, 0.717) is 11.3 Å². The number of benzene rings is 2.